The summed E-state index contributed by atoms with van der Waals surface area (Å²) in [6.07, 6.45) is 8.35. The van der Waals surface area contributed by atoms with Gasteiger partial charge in [0.2, 0.25) is 5.91 Å². The zero-order valence-electron chi connectivity index (χ0n) is 12.3. The van der Waals surface area contributed by atoms with Gasteiger partial charge in [-0.15, -0.1) is 0 Å². The van der Waals surface area contributed by atoms with Gasteiger partial charge in [0.1, 0.15) is 0 Å². The van der Waals surface area contributed by atoms with Crippen molar-refractivity contribution in [3.8, 4) is 0 Å². The number of hydrogen-bond acceptors (Lipinski definition) is 2. The van der Waals surface area contributed by atoms with Crippen LogP contribution in [0.1, 0.15) is 72.1 Å². The van der Waals surface area contributed by atoms with Gasteiger partial charge in [-0.25, -0.2) is 0 Å². The molecule has 0 aliphatic heterocycles. The van der Waals surface area contributed by atoms with Gasteiger partial charge in [0.25, 0.3) is 0 Å². The molecule has 0 saturated heterocycles. The van der Waals surface area contributed by atoms with Gasteiger partial charge in [-0.1, -0.05) is 39.5 Å². The highest BCUT2D eigenvalue weighted by Gasteiger charge is 2.31. The maximum atomic E-state index is 11.9. The van der Waals surface area contributed by atoms with Gasteiger partial charge in [0.05, 0.1) is 0 Å². The Morgan fingerprint density at radius 3 is 2.39 bits per heavy atom. The molecule has 0 aromatic rings. The van der Waals surface area contributed by atoms with Crippen LogP contribution in [0, 0.1) is 5.92 Å². The van der Waals surface area contributed by atoms with E-state index >= 15 is 0 Å². The number of rotatable bonds is 7. The second-order valence-corrected chi connectivity index (χ2v) is 6.54. The van der Waals surface area contributed by atoms with Crippen LogP contribution in [0.4, 0.5) is 0 Å². The van der Waals surface area contributed by atoms with Crippen LogP contribution < -0.4 is 11.1 Å². The van der Waals surface area contributed by atoms with Gasteiger partial charge < -0.3 is 11.1 Å². The molecule has 0 aromatic carbocycles. The first kappa shape index (κ1) is 15.5. The van der Waals surface area contributed by atoms with E-state index in [4.69, 9.17) is 5.73 Å². The second-order valence-electron chi connectivity index (χ2n) is 6.54. The number of nitrogens with one attached hydrogen (secondary N) is 1. The van der Waals surface area contributed by atoms with Crippen LogP contribution in [-0.2, 0) is 4.79 Å². The minimum atomic E-state index is -0.221. The van der Waals surface area contributed by atoms with Crippen LogP contribution in [0.25, 0.3) is 0 Å². The molecule has 1 atom stereocenters. The lowest BCUT2D eigenvalue weighted by Gasteiger charge is -2.24. The third-order valence-corrected chi connectivity index (χ3v) is 3.94. The molecule has 1 aliphatic carbocycles. The number of nitrogens with two attached hydrogens (primary N) is 1. The first-order valence-corrected chi connectivity index (χ1v) is 7.49. The molecular weight excluding hydrogens is 224 g/mol. The number of carbonyl (C=O) groups excluding carboxylic acids is 1. The van der Waals surface area contributed by atoms with Crippen molar-refractivity contribution in [2.24, 2.45) is 11.7 Å². The number of carbonyl (C=O) groups is 1. The van der Waals surface area contributed by atoms with Gasteiger partial charge in [0.15, 0.2) is 0 Å². The fourth-order valence-electron chi connectivity index (χ4n) is 2.81. The molecule has 1 aliphatic rings. The average Bonchev–Trinajstić information content (AvgIpc) is 2.63. The van der Waals surface area contributed by atoms with Crippen molar-refractivity contribution in [1.82, 2.24) is 5.32 Å². The smallest absolute Gasteiger partial charge is 0.222 e. The molecule has 0 bridgehead atoms. The molecule has 3 nitrogen and oxygen atoms in total. The predicted molar refractivity (Wildman–Crippen MR) is 76.3 cm³/mol. The summed E-state index contributed by atoms with van der Waals surface area (Å²) in [6.45, 7) is 6.57. The minimum absolute atomic E-state index is 0.136. The number of hydrogen-bond donors (Lipinski definition) is 2. The largest absolute Gasteiger partial charge is 0.354 e. The van der Waals surface area contributed by atoms with E-state index < -0.39 is 0 Å². The van der Waals surface area contributed by atoms with Crippen molar-refractivity contribution in [3.05, 3.63) is 0 Å². The minimum Gasteiger partial charge on any atom is -0.354 e. The third-order valence-electron chi connectivity index (χ3n) is 3.94. The van der Waals surface area contributed by atoms with Crippen LogP contribution in [0.15, 0.2) is 0 Å². The molecule has 18 heavy (non-hydrogen) atoms. The molecule has 0 heterocycles. The average molecular weight is 254 g/mol. The summed E-state index contributed by atoms with van der Waals surface area (Å²) < 4.78 is 0. The van der Waals surface area contributed by atoms with Crippen LogP contribution in [0.2, 0.25) is 0 Å². The van der Waals surface area contributed by atoms with Crippen LogP contribution in [0.5, 0.6) is 0 Å². The van der Waals surface area contributed by atoms with E-state index in [-0.39, 0.29) is 17.5 Å². The molecule has 1 saturated carbocycles. The van der Waals surface area contributed by atoms with Crippen LogP contribution >= 0.6 is 0 Å². The van der Waals surface area contributed by atoms with E-state index in [1.807, 2.05) is 0 Å². The van der Waals surface area contributed by atoms with Crippen LogP contribution in [0.3, 0.4) is 0 Å². The molecule has 3 heteroatoms. The first-order chi connectivity index (χ1) is 8.41. The van der Waals surface area contributed by atoms with Gasteiger partial charge >= 0.3 is 0 Å². The van der Waals surface area contributed by atoms with Crippen molar-refractivity contribution < 1.29 is 4.79 Å². The monoisotopic (exact) mass is 254 g/mol. The maximum Gasteiger partial charge on any atom is 0.222 e. The van der Waals surface area contributed by atoms with E-state index in [9.17, 15) is 4.79 Å². The molecule has 1 fully saturated rings. The summed E-state index contributed by atoms with van der Waals surface area (Å²) >= 11 is 0. The summed E-state index contributed by atoms with van der Waals surface area (Å²) in [5.74, 6) is 0.884. The Balaban J connectivity index is 2.18. The number of amides is 1. The highest BCUT2D eigenvalue weighted by Crippen LogP contribution is 2.29. The highest BCUT2D eigenvalue weighted by molar-refractivity contribution is 5.77. The lowest BCUT2D eigenvalue weighted by atomic mass is 9.94. The molecule has 1 amide bonds. The van der Waals surface area contributed by atoms with Gasteiger partial charge in [-0.2, -0.15) is 0 Å². The van der Waals surface area contributed by atoms with E-state index in [0.29, 0.717) is 6.42 Å². The Kier molecular flexibility index (Phi) is 6.13. The standard InChI is InChI=1S/C15H30N2O/c1-12(2)7-6-8-13(3)17-14(18)11-15(16)9-4-5-10-15/h12-13H,4-11,16H2,1-3H3,(H,17,18). The summed E-state index contributed by atoms with van der Waals surface area (Å²) in [4.78, 5) is 11.9. The van der Waals surface area contributed by atoms with Crippen molar-refractivity contribution in [2.75, 3.05) is 0 Å². The third kappa shape index (κ3) is 5.85. The molecule has 0 aromatic heterocycles. The Bertz CT molecular complexity index is 257. The first-order valence-electron chi connectivity index (χ1n) is 7.49. The lowest BCUT2D eigenvalue weighted by Crippen LogP contribution is -2.44. The zero-order valence-corrected chi connectivity index (χ0v) is 12.3. The Hall–Kier alpha value is -0.570. The Labute approximate surface area is 112 Å². The van der Waals surface area contributed by atoms with E-state index in [1.165, 1.54) is 25.7 Å². The highest BCUT2D eigenvalue weighted by atomic mass is 16.1. The predicted octanol–water partition coefficient (Wildman–Crippen LogP) is 2.98. The summed E-state index contributed by atoms with van der Waals surface area (Å²) in [6, 6.07) is 0.279. The molecule has 106 valence electrons. The molecule has 3 N–H and O–H groups in total. The van der Waals surface area contributed by atoms with Crippen molar-refractivity contribution >= 4 is 5.91 Å². The fourth-order valence-corrected chi connectivity index (χ4v) is 2.81. The quantitative estimate of drug-likeness (QED) is 0.734. The van der Waals surface area contributed by atoms with E-state index in [1.54, 1.807) is 0 Å². The molecule has 1 rings (SSSR count). The van der Waals surface area contributed by atoms with Crippen molar-refractivity contribution in [1.29, 1.82) is 0 Å². The van der Waals surface area contributed by atoms with E-state index in [0.717, 1.165) is 25.2 Å². The molecular formula is C15H30N2O. The zero-order chi connectivity index (χ0) is 13.6. The summed E-state index contributed by atoms with van der Waals surface area (Å²) in [5, 5.41) is 3.09. The van der Waals surface area contributed by atoms with E-state index in [2.05, 4.69) is 26.1 Å². The van der Waals surface area contributed by atoms with Crippen molar-refractivity contribution in [2.45, 2.75) is 83.7 Å². The molecule has 0 spiro atoms. The summed E-state index contributed by atoms with van der Waals surface area (Å²) in [7, 11) is 0. The SMILES string of the molecule is CC(C)CCCC(C)NC(=O)CC1(N)CCCC1. The Morgan fingerprint density at radius 2 is 1.83 bits per heavy atom. The van der Waals surface area contributed by atoms with Crippen molar-refractivity contribution in [3.63, 3.8) is 0 Å². The Morgan fingerprint density at radius 1 is 1.22 bits per heavy atom. The maximum absolute atomic E-state index is 11.9. The normalized spacial score (nSPS) is 20.1. The fraction of sp³-hybridized carbons (Fsp3) is 0.933. The molecule has 1 unspecified atom stereocenters. The molecule has 0 radical (unpaired) electrons. The van der Waals surface area contributed by atoms with Gasteiger partial charge in [-0.05, 0) is 32.1 Å². The topological polar surface area (TPSA) is 55.1 Å². The second kappa shape index (κ2) is 7.13. The lowest BCUT2D eigenvalue weighted by molar-refractivity contribution is -0.122. The van der Waals surface area contributed by atoms with Crippen LogP contribution in [-0.4, -0.2) is 17.5 Å². The summed E-state index contributed by atoms with van der Waals surface area (Å²) in [5.41, 5.74) is 5.99. The van der Waals surface area contributed by atoms with Gasteiger partial charge in [0, 0.05) is 18.0 Å². The van der Waals surface area contributed by atoms with Gasteiger partial charge in [-0.3, -0.25) is 4.79 Å².